The number of nitrogens with zero attached hydrogens (tertiary/aromatic N) is 2. The van der Waals surface area contributed by atoms with Crippen LogP contribution in [0.5, 0.6) is 0 Å². The van der Waals surface area contributed by atoms with Crippen molar-refractivity contribution in [1.82, 2.24) is 4.98 Å². The van der Waals surface area contributed by atoms with Crippen molar-refractivity contribution in [2.24, 2.45) is 0 Å². The molecule has 6 heteroatoms. The van der Waals surface area contributed by atoms with Gasteiger partial charge in [-0.3, -0.25) is 0 Å². The molecule has 0 aromatic carbocycles. The van der Waals surface area contributed by atoms with Crippen molar-refractivity contribution in [3.63, 3.8) is 0 Å². The number of hydrogen-bond donors (Lipinski definition) is 2. The zero-order chi connectivity index (χ0) is 10.7. The molecule has 0 aliphatic rings. The summed E-state index contributed by atoms with van der Waals surface area (Å²) in [5.41, 5.74) is 4.57. The first-order valence-corrected chi connectivity index (χ1v) is 3.68. The Balaban J connectivity index is 3.33. The monoisotopic (exact) mass is 199 g/mol. The standard InChI is InChI=1S/C8H7F2N3O/c9-7(10)6-5(3-14)1-4(2-11)8(12)13-6/h1,7,14H,3H2,(H2,12,13). The SMILES string of the molecule is N#Cc1cc(CO)c(C(F)F)nc1N. The second kappa shape index (κ2) is 3.98. The Bertz CT molecular complexity index is 387. The van der Waals surface area contributed by atoms with Crippen LogP contribution >= 0.6 is 0 Å². The molecule has 1 heterocycles. The molecular formula is C8H7F2N3O. The predicted molar refractivity (Wildman–Crippen MR) is 44.2 cm³/mol. The van der Waals surface area contributed by atoms with Gasteiger partial charge in [-0.1, -0.05) is 0 Å². The predicted octanol–water partition coefficient (Wildman–Crippen LogP) is 0.965. The lowest BCUT2D eigenvalue weighted by Gasteiger charge is -2.07. The van der Waals surface area contributed by atoms with E-state index >= 15 is 0 Å². The molecule has 0 unspecified atom stereocenters. The molecule has 3 N–H and O–H groups in total. The van der Waals surface area contributed by atoms with E-state index in [1.54, 1.807) is 6.07 Å². The number of halogens is 2. The zero-order valence-electron chi connectivity index (χ0n) is 7.04. The summed E-state index contributed by atoms with van der Waals surface area (Å²) in [5.74, 6) is -0.250. The number of hydrogen-bond acceptors (Lipinski definition) is 4. The molecule has 0 saturated heterocycles. The number of aliphatic hydroxyl groups is 1. The molecule has 0 aliphatic heterocycles. The van der Waals surface area contributed by atoms with Gasteiger partial charge >= 0.3 is 0 Å². The second-order valence-corrected chi connectivity index (χ2v) is 2.54. The van der Waals surface area contributed by atoms with E-state index in [1.165, 1.54) is 0 Å². The fraction of sp³-hybridized carbons (Fsp3) is 0.250. The molecule has 1 aromatic rings. The lowest BCUT2D eigenvalue weighted by atomic mass is 10.1. The van der Waals surface area contributed by atoms with Crippen molar-refractivity contribution in [2.45, 2.75) is 13.0 Å². The summed E-state index contributed by atoms with van der Waals surface area (Å²) in [6.45, 7) is -0.596. The first-order chi connectivity index (χ1) is 6.60. The number of nitriles is 1. The number of nitrogen functional groups attached to an aromatic ring is 1. The zero-order valence-corrected chi connectivity index (χ0v) is 7.04. The quantitative estimate of drug-likeness (QED) is 0.743. The Kier molecular flexibility index (Phi) is 2.94. The van der Waals surface area contributed by atoms with E-state index in [0.717, 1.165) is 6.07 Å². The van der Waals surface area contributed by atoms with E-state index in [9.17, 15) is 8.78 Å². The molecule has 4 nitrogen and oxygen atoms in total. The Morgan fingerprint density at radius 3 is 2.71 bits per heavy atom. The number of anilines is 1. The van der Waals surface area contributed by atoms with E-state index in [4.69, 9.17) is 16.1 Å². The molecule has 0 fully saturated rings. The van der Waals surface area contributed by atoms with Gasteiger partial charge in [-0.15, -0.1) is 0 Å². The molecule has 0 radical (unpaired) electrons. The Morgan fingerprint density at radius 2 is 2.29 bits per heavy atom. The van der Waals surface area contributed by atoms with Crippen LogP contribution in [0.15, 0.2) is 6.07 Å². The molecule has 0 spiro atoms. The molecule has 14 heavy (non-hydrogen) atoms. The van der Waals surface area contributed by atoms with Gasteiger partial charge in [-0.05, 0) is 6.07 Å². The molecule has 0 amide bonds. The first kappa shape index (κ1) is 10.3. The number of alkyl halides is 2. The molecule has 1 rings (SSSR count). The third kappa shape index (κ3) is 1.78. The molecule has 1 aromatic heterocycles. The minimum atomic E-state index is -2.81. The van der Waals surface area contributed by atoms with Gasteiger partial charge < -0.3 is 10.8 Å². The molecular weight excluding hydrogens is 192 g/mol. The number of aromatic nitrogens is 1. The third-order valence-electron chi connectivity index (χ3n) is 1.66. The number of aliphatic hydroxyl groups excluding tert-OH is 1. The molecule has 74 valence electrons. The maximum absolute atomic E-state index is 12.3. The average Bonchev–Trinajstić information content (AvgIpc) is 2.17. The molecule has 0 bridgehead atoms. The summed E-state index contributed by atoms with van der Waals surface area (Å²) in [4.78, 5) is 3.36. The van der Waals surface area contributed by atoms with Crippen LogP contribution in [0.25, 0.3) is 0 Å². The van der Waals surface area contributed by atoms with Crippen molar-refractivity contribution in [1.29, 1.82) is 5.26 Å². The summed E-state index contributed by atoms with van der Waals surface area (Å²) < 4.78 is 24.6. The van der Waals surface area contributed by atoms with Gasteiger partial charge in [0.1, 0.15) is 17.6 Å². The largest absolute Gasteiger partial charge is 0.392 e. The van der Waals surface area contributed by atoms with Crippen molar-refractivity contribution in [2.75, 3.05) is 5.73 Å². The Labute approximate surface area is 78.6 Å². The number of rotatable bonds is 2. The van der Waals surface area contributed by atoms with Gasteiger partial charge in [-0.25, -0.2) is 13.8 Å². The van der Waals surface area contributed by atoms with Gasteiger partial charge in [0.05, 0.1) is 12.2 Å². The first-order valence-electron chi connectivity index (χ1n) is 3.68. The van der Waals surface area contributed by atoms with E-state index in [1.807, 2.05) is 0 Å². The van der Waals surface area contributed by atoms with E-state index in [-0.39, 0.29) is 16.9 Å². The second-order valence-electron chi connectivity index (χ2n) is 2.54. The van der Waals surface area contributed by atoms with Crippen LogP contribution in [0.1, 0.15) is 23.2 Å². The van der Waals surface area contributed by atoms with Crippen LogP contribution in [0.2, 0.25) is 0 Å². The van der Waals surface area contributed by atoms with Crippen LogP contribution in [-0.4, -0.2) is 10.1 Å². The summed E-state index contributed by atoms with van der Waals surface area (Å²) in [7, 11) is 0. The fourth-order valence-corrected chi connectivity index (χ4v) is 0.989. The van der Waals surface area contributed by atoms with Crippen LogP contribution in [0.4, 0.5) is 14.6 Å². The highest BCUT2D eigenvalue weighted by molar-refractivity contribution is 5.51. The minimum Gasteiger partial charge on any atom is -0.392 e. The van der Waals surface area contributed by atoms with Gasteiger partial charge in [-0.2, -0.15) is 5.26 Å². The average molecular weight is 199 g/mol. The van der Waals surface area contributed by atoms with Crippen LogP contribution < -0.4 is 5.73 Å². The lowest BCUT2D eigenvalue weighted by molar-refractivity contribution is 0.141. The molecule has 0 aliphatic carbocycles. The molecule has 0 saturated carbocycles. The minimum absolute atomic E-state index is 0.0153. The Hall–Kier alpha value is -1.74. The highest BCUT2D eigenvalue weighted by Crippen LogP contribution is 2.24. The Morgan fingerprint density at radius 1 is 1.64 bits per heavy atom. The van der Waals surface area contributed by atoms with Gasteiger partial charge in [0, 0.05) is 5.56 Å². The van der Waals surface area contributed by atoms with Crippen molar-refractivity contribution < 1.29 is 13.9 Å². The van der Waals surface area contributed by atoms with Crippen molar-refractivity contribution >= 4 is 5.82 Å². The maximum atomic E-state index is 12.3. The summed E-state index contributed by atoms with van der Waals surface area (Å²) in [6.07, 6.45) is -2.81. The number of nitrogens with two attached hydrogens (primary N) is 1. The van der Waals surface area contributed by atoms with Crippen LogP contribution in [-0.2, 0) is 6.61 Å². The van der Waals surface area contributed by atoms with Crippen LogP contribution in [0, 0.1) is 11.3 Å². The highest BCUT2D eigenvalue weighted by Gasteiger charge is 2.16. The molecule has 0 atom stereocenters. The third-order valence-corrected chi connectivity index (χ3v) is 1.66. The van der Waals surface area contributed by atoms with Crippen molar-refractivity contribution in [3.8, 4) is 6.07 Å². The van der Waals surface area contributed by atoms with Gasteiger partial charge in [0.2, 0.25) is 0 Å². The fourth-order valence-electron chi connectivity index (χ4n) is 0.989. The highest BCUT2D eigenvalue weighted by atomic mass is 19.3. The summed E-state index contributed by atoms with van der Waals surface area (Å²) in [5, 5.41) is 17.3. The van der Waals surface area contributed by atoms with E-state index in [0.29, 0.717) is 0 Å². The van der Waals surface area contributed by atoms with Gasteiger partial charge in [0.25, 0.3) is 6.43 Å². The topological polar surface area (TPSA) is 82.9 Å². The maximum Gasteiger partial charge on any atom is 0.280 e. The van der Waals surface area contributed by atoms with E-state index < -0.39 is 18.7 Å². The lowest BCUT2D eigenvalue weighted by Crippen LogP contribution is -2.04. The van der Waals surface area contributed by atoms with Crippen LogP contribution in [0.3, 0.4) is 0 Å². The van der Waals surface area contributed by atoms with Gasteiger partial charge in [0.15, 0.2) is 0 Å². The smallest absolute Gasteiger partial charge is 0.280 e. The van der Waals surface area contributed by atoms with Crippen molar-refractivity contribution in [3.05, 3.63) is 22.9 Å². The summed E-state index contributed by atoms with van der Waals surface area (Å²) in [6, 6.07) is 2.81. The normalized spacial score (nSPS) is 10.2. The summed E-state index contributed by atoms with van der Waals surface area (Å²) >= 11 is 0. The number of pyridine rings is 1. The van der Waals surface area contributed by atoms with E-state index in [2.05, 4.69) is 4.98 Å².